The number of rotatable bonds is 3. The summed E-state index contributed by atoms with van der Waals surface area (Å²) in [5.74, 6) is 0.227. The third kappa shape index (κ3) is 2.54. The maximum absolute atomic E-state index is 12.4. The van der Waals surface area contributed by atoms with E-state index in [0.717, 1.165) is 5.57 Å². The van der Waals surface area contributed by atoms with Gasteiger partial charge in [-0.15, -0.1) is 0 Å². The van der Waals surface area contributed by atoms with Gasteiger partial charge in [0.05, 0.1) is 0 Å². The Balaban J connectivity index is 2.36. The molecule has 0 fully saturated rings. The largest absolute Gasteiger partial charge is 0.450 e. The molecule has 0 spiro atoms. The Hall–Kier alpha value is -0.630. The van der Waals surface area contributed by atoms with Crippen LogP contribution >= 0.6 is 15.9 Å². The van der Waals surface area contributed by atoms with Gasteiger partial charge in [0.25, 0.3) is 0 Å². The molecule has 0 radical (unpaired) electrons. The highest BCUT2D eigenvalue weighted by atomic mass is 79.9. The fourth-order valence-electron chi connectivity index (χ4n) is 1.87. The van der Waals surface area contributed by atoms with Crippen molar-refractivity contribution < 1.29 is 17.9 Å². The predicted molar refractivity (Wildman–Crippen MR) is 69.5 cm³/mol. The Morgan fingerprint density at radius 3 is 2.83 bits per heavy atom. The molecule has 0 bridgehead atoms. The molecule has 1 aliphatic heterocycles. The zero-order chi connectivity index (χ0) is 13.3. The smallest absolute Gasteiger partial charge is 0.247 e. The number of sulfonamides is 1. The van der Waals surface area contributed by atoms with E-state index in [2.05, 4.69) is 15.9 Å². The van der Waals surface area contributed by atoms with Crippen LogP contribution in [0.3, 0.4) is 0 Å². The lowest BCUT2D eigenvalue weighted by atomic mass is 10.2. The van der Waals surface area contributed by atoms with Crippen LogP contribution in [0.2, 0.25) is 0 Å². The summed E-state index contributed by atoms with van der Waals surface area (Å²) in [5, 5.41) is 8.96. The van der Waals surface area contributed by atoms with E-state index in [0.29, 0.717) is 19.5 Å². The van der Waals surface area contributed by atoms with Gasteiger partial charge >= 0.3 is 0 Å². The molecule has 1 aromatic heterocycles. The Kier molecular flexibility index (Phi) is 3.96. The highest BCUT2D eigenvalue weighted by Gasteiger charge is 2.30. The highest BCUT2D eigenvalue weighted by molar-refractivity contribution is 9.10. The summed E-state index contributed by atoms with van der Waals surface area (Å²) >= 11 is 3.08. The van der Waals surface area contributed by atoms with Crippen molar-refractivity contribution in [3.8, 4) is 0 Å². The fourth-order valence-corrected chi connectivity index (χ4v) is 4.33. The van der Waals surface area contributed by atoms with Gasteiger partial charge < -0.3 is 9.52 Å². The fraction of sp³-hybridized carbons (Fsp3) is 0.455. The van der Waals surface area contributed by atoms with E-state index in [1.54, 1.807) is 0 Å². The average Bonchev–Trinajstić information content (AvgIpc) is 2.71. The average molecular weight is 336 g/mol. The number of furan rings is 1. The van der Waals surface area contributed by atoms with Gasteiger partial charge in [0.2, 0.25) is 10.0 Å². The Labute approximate surface area is 114 Å². The molecule has 1 N–H and O–H groups in total. The minimum Gasteiger partial charge on any atom is -0.450 e. The maximum atomic E-state index is 12.4. The lowest BCUT2D eigenvalue weighted by Gasteiger charge is -2.24. The van der Waals surface area contributed by atoms with Crippen molar-refractivity contribution in [3.05, 3.63) is 28.1 Å². The van der Waals surface area contributed by atoms with Gasteiger partial charge in [-0.1, -0.05) is 11.6 Å². The van der Waals surface area contributed by atoms with Crippen LogP contribution < -0.4 is 0 Å². The van der Waals surface area contributed by atoms with Crippen molar-refractivity contribution in [1.29, 1.82) is 0 Å². The second-order valence-electron chi connectivity index (χ2n) is 4.19. The molecule has 0 aromatic carbocycles. The van der Waals surface area contributed by atoms with Crippen LogP contribution in [0.25, 0.3) is 0 Å². The summed E-state index contributed by atoms with van der Waals surface area (Å²) in [4.78, 5) is 0.0706. The van der Waals surface area contributed by atoms with Crippen LogP contribution in [0.15, 0.2) is 31.7 Å². The molecule has 7 heteroatoms. The minimum absolute atomic E-state index is 0.0706. The zero-order valence-corrected chi connectivity index (χ0v) is 12.3. The number of hydrogen-bond acceptors (Lipinski definition) is 4. The number of aliphatic hydroxyl groups excluding tert-OH is 1. The van der Waals surface area contributed by atoms with Gasteiger partial charge in [-0.05, 0) is 29.3 Å². The molecule has 0 unspecified atom stereocenters. The SMILES string of the molecule is CC1=CCCN(S(=O)(=O)c2cc(CO)oc2Br)C1. The summed E-state index contributed by atoms with van der Waals surface area (Å²) in [6.07, 6.45) is 2.75. The van der Waals surface area contributed by atoms with Crippen molar-refractivity contribution in [1.82, 2.24) is 4.31 Å². The van der Waals surface area contributed by atoms with Crippen LogP contribution in [0, 0.1) is 0 Å². The van der Waals surface area contributed by atoms with E-state index in [1.165, 1.54) is 10.4 Å². The van der Waals surface area contributed by atoms with Crippen molar-refractivity contribution in [2.24, 2.45) is 0 Å². The Bertz CT molecular complexity index is 576. The van der Waals surface area contributed by atoms with E-state index in [1.807, 2.05) is 13.0 Å². The van der Waals surface area contributed by atoms with Gasteiger partial charge in [-0.3, -0.25) is 0 Å². The van der Waals surface area contributed by atoms with Gasteiger partial charge in [0.1, 0.15) is 17.3 Å². The van der Waals surface area contributed by atoms with Crippen LogP contribution in [0.5, 0.6) is 0 Å². The molecule has 2 heterocycles. The molecule has 0 saturated heterocycles. The molecule has 2 rings (SSSR count). The maximum Gasteiger partial charge on any atom is 0.247 e. The number of halogens is 1. The first kappa shape index (κ1) is 13.8. The molecular weight excluding hydrogens is 322 g/mol. The third-order valence-electron chi connectivity index (χ3n) is 2.78. The van der Waals surface area contributed by atoms with Crippen molar-refractivity contribution in [2.45, 2.75) is 24.8 Å². The van der Waals surface area contributed by atoms with Crippen molar-refractivity contribution in [3.63, 3.8) is 0 Å². The lowest BCUT2D eigenvalue weighted by molar-refractivity contribution is 0.245. The summed E-state index contributed by atoms with van der Waals surface area (Å²) in [5.41, 5.74) is 1.03. The monoisotopic (exact) mass is 335 g/mol. The highest BCUT2D eigenvalue weighted by Crippen LogP contribution is 2.30. The van der Waals surface area contributed by atoms with Crippen LogP contribution in [0.4, 0.5) is 0 Å². The van der Waals surface area contributed by atoms with Crippen LogP contribution in [-0.2, 0) is 16.6 Å². The first-order valence-corrected chi connectivity index (χ1v) is 7.73. The first-order valence-electron chi connectivity index (χ1n) is 5.50. The quantitative estimate of drug-likeness (QED) is 0.856. The molecule has 0 aliphatic carbocycles. The van der Waals surface area contributed by atoms with Gasteiger partial charge in [-0.25, -0.2) is 8.42 Å². The first-order chi connectivity index (χ1) is 8.45. The molecule has 0 saturated carbocycles. The van der Waals surface area contributed by atoms with Crippen molar-refractivity contribution >= 4 is 26.0 Å². The van der Waals surface area contributed by atoms with E-state index >= 15 is 0 Å². The zero-order valence-electron chi connectivity index (χ0n) is 9.89. The minimum atomic E-state index is -3.57. The van der Waals surface area contributed by atoms with E-state index in [4.69, 9.17) is 9.52 Å². The Morgan fingerprint density at radius 2 is 2.28 bits per heavy atom. The molecule has 5 nitrogen and oxygen atoms in total. The van der Waals surface area contributed by atoms with E-state index in [-0.39, 0.29) is 21.9 Å². The summed E-state index contributed by atoms with van der Waals surface area (Å²) in [6.45, 7) is 2.44. The van der Waals surface area contributed by atoms with Crippen LogP contribution in [0.1, 0.15) is 19.1 Å². The predicted octanol–water partition coefficient (Wildman–Crippen LogP) is 1.88. The van der Waals surface area contributed by atoms with Gasteiger partial charge in [0.15, 0.2) is 4.67 Å². The van der Waals surface area contributed by atoms with Gasteiger partial charge in [-0.2, -0.15) is 4.31 Å². The van der Waals surface area contributed by atoms with E-state index < -0.39 is 10.0 Å². The lowest BCUT2D eigenvalue weighted by Crippen LogP contribution is -2.35. The summed E-state index contributed by atoms with van der Waals surface area (Å²) in [7, 11) is -3.57. The van der Waals surface area contributed by atoms with E-state index in [9.17, 15) is 8.42 Å². The van der Waals surface area contributed by atoms with Crippen LogP contribution in [-0.4, -0.2) is 30.9 Å². The molecule has 1 aromatic rings. The molecule has 1 aliphatic rings. The Morgan fingerprint density at radius 1 is 1.56 bits per heavy atom. The summed E-state index contributed by atoms with van der Waals surface area (Å²) < 4.78 is 31.5. The number of hydrogen-bond donors (Lipinski definition) is 1. The topological polar surface area (TPSA) is 70.8 Å². The molecule has 18 heavy (non-hydrogen) atoms. The summed E-state index contributed by atoms with van der Waals surface area (Å²) in [6, 6.07) is 1.35. The van der Waals surface area contributed by atoms with Crippen molar-refractivity contribution in [2.75, 3.05) is 13.1 Å². The number of nitrogens with zero attached hydrogens (tertiary/aromatic N) is 1. The number of aliphatic hydroxyl groups is 1. The third-order valence-corrected chi connectivity index (χ3v) is 5.48. The standard InChI is InChI=1S/C11H14BrNO4S/c1-8-3-2-4-13(6-8)18(15,16)10-5-9(7-14)17-11(10)12/h3,5,14H,2,4,6-7H2,1H3. The molecule has 0 amide bonds. The molecule has 0 atom stereocenters. The molecule has 100 valence electrons. The second-order valence-corrected chi connectivity index (χ2v) is 6.81. The normalized spacial score (nSPS) is 17.8. The molecular formula is C11H14BrNO4S. The second kappa shape index (κ2) is 5.16. The van der Waals surface area contributed by atoms with Gasteiger partial charge in [0, 0.05) is 19.2 Å².